The van der Waals surface area contributed by atoms with Crippen LogP contribution in [0.15, 0.2) is 47.9 Å². The fraction of sp³-hybridized carbons (Fsp3) is 0.333. The number of aryl methyl sites for hydroxylation is 3. The summed E-state index contributed by atoms with van der Waals surface area (Å²) < 4.78 is 1.66. The number of benzene rings is 1. The zero-order valence-electron chi connectivity index (χ0n) is 16.2. The molecule has 0 atom stereocenters. The molecule has 144 valence electrons. The van der Waals surface area contributed by atoms with Crippen molar-refractivity contribution in [1.82, 2.24) is 19.5 Å². The van der Waals surface area contributed by atoms with Gasteiger partial charge in [-0.25, -0.2) is 19.7 Å². The second-order valence-electron chi connectivity index (χ2n) is 7.15. The third-order valence-corrected chi connectivity index (χ3v) is 5.18. The number of nitrogens with zero attached hydrogens (tertiary/aromatic N) is 5. The molecule has 0 saturated carbocycles. The molecule has 7 nitrogen and oxygen atoms in total. The van der Waals surface area contributed by atoms with Gasteiger partial charge in [0.15, 0.2) is 5.82 Å². The Morgan fingerprint density at radius 1 is 1.00 bits per heavy atom. The normalized spacial score (nSPS) is 12.3. The van der Waals surface area contributed by atoms with E-state index in [1.807, 2.05) is 6.20 Å². The van der Waals surface area contributed by atoms with Crippen molar-refractivity contribution >= 4 is 22.9 Å². The van der Waals surface area contributed by atoms with Gasteiger partial charge in [-0.2, -0.15) is 0 Å². The van der Waals surface area contributed by atoms with Crippen molar-refractivity contribution in [2.45, 2.75) is 39.7 Å². The molecule has 7 heteroatoms. The van der Waals surface area contributed by atoms with Gasteiger partial charge < -0.3 is 10.2 Å². The minimum Gasteiger partial charge on any atom is -0.350 e. The highest BCUT2D eigenvalue weighted by Crippen LogP contribution is 2.43. The van der Waals surface area contributed by atoms with E-state index in [0.717, 1.165) is 48.7 Å². The first-order valence-electron chi connectivity index (χ1n) is 9.61. The van der Waals surface area contributed by atoms with Crippen LogP contribution in [0.3, 0.4) is 0 Å². The molecule has 0 radical (unpaired) electrons. The minimum atomic E-state index is -0.185. The smallest absolute Gasteiger partial charge is 0.347 e. The van der Waals surface area contributed by atoms with E-state index in [4.69, 9.17) is 0 Å². The van der Waals surface area contributed by atoms with Gasteiger partial charge in [-0.3, -0.25) is 4.57 Å². The van der Waals surface area contributed by atoms with E-state index in [-0.39, 0.29) is 5.69 Å². The van der Waals surface area contributed by atoms with Crippen molar-refractivity contribution in [2.24, 2.45) is 0 Å². The monoisotopic (exact) mass is 376 g/mol. The fourth-order valence-corrected chi connectivity index (χ4v) is 3.52. The molecule has 1 aliphatic rings. The van der Waals surface area contributed by atoms with Gasteiger partial charge in [-0.15, -0.1) is 0 Å². The van der Waals surface area contributed by atoms with Crippen LogP contribution in [0.1, 0.15) is 30.4 Å². The van der Waals surface area contributed by atoms with Crippen LogP contribution in [-0.2, 0) is 6.54 Å². The van der Waals surface area contributed by atoms with E-state index in [1.165, 1.54) is 17.3 Å². The summed E-state index contributed by atoms with van der Waals surface area (Å²) in [4.78, 5) is 26.4. The number of hydrogen-bond donors (Lipinski definition) is 1. The Morgan fingerprint density at radius 2 is 1.82 bits per heavy atom. The largest absolute Gasteiger partial charge is 0.350 e. The van der Waals surface area contributed by atoms with Gasteiger partial charge in [-0.1, -0.05) is 0 Å². The molecule has 0 amide bonds. The highest BCUT2D eigenvalue weighted by molar-refractivity contribution is 5.90. The number of fused-ring (bicyclic) bond motifs is 2. The molecular weight excluding hydrogens is 352 g/mol. The van der Waals surface area contributed by atoms with Crippen LogP contribution >= 0.6 is 0 Å². The van der Waals surface area contributed by atoms with Crippen LogP contribution in [0.2, 0.25) is 0 Å². The zero-order chi connectivity index (χ0) is 19.5. The van der Waals surface area contributed by atoms with Crippen molar-refractivity contribution in [3.63, 3.8) is 0 Å². The molecule has 0 spiro atoms. The van der Waals surface area contributed by atoms with Crippen LogP contribution in [-0.4, -0.2) is 26.1 Å². The van der Waals surface area contributed by atoms with Crippen LogP contribution in [0.4, 0.5) is 22.9 Å². The lowest BCUT2D eigenvalue weighted by Gasteiger charge is -2.33. The quantitative estimate of drug-likeness (QED) is 0.661. The Labute approximate surface area is 164 Å². The topological polar surface area (TPSA) is 75.9 Å². The maximum absolute atomic E-state index is 11.7. The Hall–Kier alpha value is -3.22. The van der Waals surface area contributed by atoms with Gasteiger partial charge in [0, 0.05) is 25.5 Å². The summed E-state index contributed by atoms with van der Waals surface area (Å²) >= 11 is 0. The fourth-order valence-electron chi connectivity index (χ4n) is 3.52. The summed E-state index contributed by atoms with van der Waals surface area (Å²) in [7, 11) is 0. The molecule has 0 bridgehead atoms. The standard InChI is InChI=1S/C21H24N6O/c1-15-11-17-19(12-16(15)2)27(20-18(25-17)13-22-14-24-20)10-5-3-4-8-26-9-6-7-23-21(26)28/h6-7,9,11-14,25H,3-5,8,10H2,1-2H3. The average Bonchev–Trinajstić information content (AvgIpc) is 2.70. The predicted molar refractivity (Wildman–Crippen MR) is 111 cm³/mol. The van der Waals surface area contributed by atoms with Crippen LogP contribution in [0.5, 0.6) is 0 Å². The molecule has 2 aromatic heterocycles. The maximum atomic E-state index is 11.7. The number of unbranched alkanes of at least 4 members (excludes halogenated alkanes) is 2. The third kappa shape index (κ3) is 3.60. The Kier molecular flexibility index (Phi) is 5.06. The first-order valence-corrected chi connectivity index (χ1v) is 9.61. The first-order chi connectivity index (χ1) is 13.6. The molecule has 1 aromatic carbocycles. The maximum Gasteiger partial charge on any atom is 0.347 e. The zero-order valence-corrected chi connectivity index (χ0v) is 16.2. The van der Waals surface area contributed by atoms with Gasteiger partial charge >= 0.3 is 5.69 Å². The number of hydrogen-bond acceptors (Lipinski definition) is 6. The highest BCUT2D eigenvalue weighted by Gasteiger charge is 2.24. The van der Waals surface area contributed by atoms with E-state index in [9.17, 15) is 4.79 Å². The SMILES string of the molecule is Cc1cc2c(cc1C)N(CCCCCn1cccnc1=O)c1ncncc1N2. The second-order valence-corrected chi connectivity index (χ2v) is 7.15. The number of nitrogens with one attached hydrogen (secondary N) is 1. The lowest BCUT2D eigenvalue weighted by Crippen LogP contribution is -2.25. The molecular formula is C21H24N6O. The summed E-state index contributed by atoms with van der Waals surface area (Å²) in [6.45, 7) is 5.82. The van der Waals surface area contributed by atoms with Crippen molar-refractivity contribution in [3.05, 3.63) is 64.7 Å². The van der Waals surface area contributed by atoms with E-state index >= 15 is 0 Å². The van der Waals surface area contributed by atoms with Crippen molar-refractivity contribution in [1.29, 1.82) is 0 Å². The first kappa shape index (κ1) is 18.2. The molecule has 0 saturated heterocycles. The van der Waals surface area contributed by atoms with Crippen LogP contribution in [0.25, 0.3) is 0 Å². The number of aromatic nitrogens is 4. The molecule has 28 heavy (non-hydrogen) atoms. The molecule has 0 fully saturated rings. The summed E-state index contributed by atoms with van der Waals surface area (Å²) in [6.07, 6.45) is 9.70. The Morgan fingerprint density at radius 3 is 2.68 bits per heavy atom. The minimum absolute atomic E-state index is 0.185. The highest BCUT2D eigenvalue weighted by atomic mass is 16.1. The molecule has 1 aliphatic heterocycles. The summed E-state index contributed by atoms with van der Waals surface area (Å²) in [5.74, 6) is 0.911. The lowest BCUT2D eigenvalue weighted by atomic mass is 10.0. The lowest BCUT2D eigenvalue weighted by molar-refractivity contribution is 0.566. The molecule has 3 heterocycles. The third-order valence-electron chi connectivity index (χ3n) is 5.18. The van der Waals surface area contributed by atoms with Gasteiger partial charge in [0.05, 0.1) is 17.6 Å². The molecule has 1 N–H and O–H groups in total. The van der Waals surface area contributed by atoms with Crippen LogP contribution in [0, 0.1) is 13.8 Å². The Balaban J connectivity index is 1.46. The van der Waals surface area contributed by atoms with Crippen LogP contribution < -0.4 is 15.9 Å². The van der Waals surface area contributed by atoms with E-state index in [2.05, 4.69) is 51.1 Å². The Bertz CT molecular complexity index is 1050. The van der Waals surface area contributed by atoms with Crippen molar-refractivity contribution < 1.29 is 0 Å². The van der Waals surface area contributed by atoms with Gasteiger partial charge in [0.1, 0.15) is 12.0 Å². The van der Waals surface area contributed by atoms with Gasteiger partial charge in [0.25, 0.3) is 0 Å². The molecule has 3 aromatic rings. The predicted octanol–water partition coefficient (Wildman–Crippen LogP) is 3.72. The van der Waals surface area contributed by atoms with Gasteiger partial charge in [-0.05, 0) is 62.4 Å². The van der Waals surface area contributed by atoms with Crippen molar-refractivity contribution in [2.75, 3.05) is 16.8 Å². The average molecular weight is 376 g/mol. The molecule has 4 rings (SSSR count). The van der Waals surface area contributed by atoms with E-state index in [1.54, 1.807) is 23.2 Å². The summed E-state index contributed by atoms with van der Waals surface area (Å²) in [6, 6.07) is 6.19. The number of rotatable bonds is 6. The number of anilines is 4. The molecule has 0 aliphatic carbocycles. The second kappa shape index (κ2) is 7.80. The molecule has 0 unspecified atom stereocenters. The van der Waals surface area contributed by atoms with E-state index < -0.39 is 0 Å². The van der Waals surface area contributed by atoms with Gasteiger partial charge in [0.2, 0.25) is 0 Å². The van der Waals surface area contributed by atoms with E-state index in [0.29, 0.717) is 6.54 Å². The summed E-state index contributed by atoms with van der Waals surface area (Å²) in [5, 5.41) is 3.46. The summed E-state index contributed by atoms with van der Waals surface area (Å²) in [5.41, 5.74) is 5.51. The van der Waals surface area contributed by atoms with Crippen molar-refractivity contribution in [3.8, 4) is 0 Å².